The lowest BCUT2D eigenvalue weighted by molar-refractivity contribution is -0.128. The molecule has 0 aromatic rings. The van der Waals surface area contributed by atoms with Crippen LogP contribution in [-0.4, -0.2) is 56.0 Å². The van der Waals surface area contributed by atoms with Crippen LogP contribution in [0.5, 0.6) is 0 Å². The highest BCUT2D eigenvalue weighted by Crippen LogP contribution is 2.20. The Bertz CT molecular complexity index is 462. The number of carbonyl (C=O) groups excluding carboxylic acids is 1. The van der Waals surface area contributed by atoms with Gasteiger partial charge in [-0.05, 0) is 18.8 Å². The summed E-state index contributed by atoms with van der Waals surface area (Å²) in [5.41, 5.74) is 0.620. The molecule has 2 aliphatic rings. The summed E-state index contributed by atoms with van der Waals surface area (Å²) in [4.78, 5) is 14.1. The summed E-state index contributed by atoms with van der Waals surface area (Å²) < 4.78 is 24.1. The van der Waals surface area contributed by atoms with E-state index in [1.165, 1.54) is 10.6 Å². The van der Waals surface area contributed by atoms with Crippen LogP contribution in [0, 0.1) is 5.92 Å². The van der Waals surface area contributed by atoms with E-state index in [1.54, 1.807) is 6.08 Å². The Kier molecular flexibility index (Phi) is 3.77. The summed E-state index contributed by atoms with van der Waals surface area (Å²) in [5, 5.41) is 0. The molecule has 0 aromatic carbocycles. The molecule has 2 aliphatic heterocycles. The lowest BCUT2D eigenvalue weighted by Crippen LogP contribution is -2.40. The molecule has 2 heterocycles. The molecule has 102 valence electrons. The minimum absolute atomic E-state index is 0.00745. The summed E-state index contributed by atoms with van der Waals surface area (Å²) in [6.45, 7) is 4.32. The van der Waals surface area contributed by atoms with Gasteiger partial charge in [-0.25, -0.2) is 8.42 Å². The van der Waals surface area contributed by atoms with Gasteiger partial charge in [-0.1, -0.05) is 13.0 Å². The van der Waals surface area contributed by atoms with Crippen LogP contribution < -0.4 is 0 Å². The minimum atomic E-state index is -3.20. The SMILES string of the molecule is CC1CCN(C(=O)C2=CCN(S(C)(=O)=O)C2)CC1. The molecule has 0 aromatic heterocycles. The smallest absolute Gasteiger partial charge is 0.250 e. The van der Waals surface area contributed by atoms with E-state index in [9.17, 15) is 13.2 Å². The number of sulfonamides is 1. The van der Waals surface area contributed by atoms with E-state index < -0.39 is 10.0 Å². The van der Waals surface area contributed by atoms with Crippen molar-refractivity contribution in [2.24, 2.45) is 5.92 Å². The molecule has 0 spiro atoms. The van der Waals surface area contributed by atoms with Crippen LogP contribution in [0.3, 0.4) is 0 Å². The van der Waals surface area contributed by atoms with Crippen molar-refractivity contribution in [3.8, 4) is 0 Å². The van der Waals surface area contributed by atoms with Crippen LogP contribution in [0.4, 0.5) is 0 Å². The molecule has 1 amide bonds. The van der Waals surface area contributed by atoms with Crippen LogP contribution in [-0.2, 0) is 14.8 Å². The summed E-state index contributed by atoms with van der Waals surface area (Å²) >= 11 is 0. The van der Waals surface area contributed by atoms with Gasteiger partial charge in [0.25, 0.3) is 5.91 Å². The molecule has 0 bridgehead atoms. The van der Waals surface area contributed by atoms with Gasteiger partial charge in [0.15, 0.2) is 0 Å². The minimum Gasteiger partial charge on any atom is -0.339 e. The number of carbonyl (C=O) groups is 1. The van der Waals surface area contributed by atoms with Crippen molar-refractivity contribution in [3.05, 3.63) is 11.6 Å². The van der Waals surface area contributed by atoms with Gasteiger partial charge in [-0.3, -0.25) is 4.79 Å². The van der Waals surface area contributed by atoms with Gasteiger partial charge >= 0.3 is 0 Å². The number of hydrogen-bond donors (Lipinski definition) is 0. The molecule has 18 heavy (non-hydrogen) atoms. The highest BCUT2D eigenvalue weighted by atomic mass is 32.2. The maximum Gasteiger partial charge on any atom is 0.250 e. The first-order valence-corrected chi connectivity index (χ1v) is 8.16. The van der Waals surface area contributed by atoms with Gasteiger partial charge in [0, 0.05) is 31.8 Å². The second-order valence-corrected chi connectivity index (χ2v) is 7.24. The molecule has 5 nitrogen and oxygen atoms in total. The van der Waals surface area contributed by atoms with E-state index in [1.807, 2.05) is 4.90 Å². The van der Waals surface area contributed by atoms with Gasteiger partial charge in [0.1, 0.15) is 0 Å². The summed E-state index contributed by atoms with van der Waals surface area (Å²) in [6.07, 6.45) is 4.99. The first-order valence-electron chi connectivity index (χ1n) is 6.31. The van der Waals surface area contributed by atoms with Crippen LogP contribution in [0.2, 0.25) is 0 Å². The molecule has 1 fully saturated rings. The van der Waals surface area contributed by atoms with Crippen molar-refractivity contribution in [1.82, 2.24) is 9.21 Å². The third kappa shape index (κ3) is 2.92. The van der Waals surface area contributed by atoms with Crippen molar-refractivity contribution < 1.29 is 13.2 Å². The standard InChI is InChI=1S/C12H20N2O3S/c1-10-3-6-13(7-4-10)12(15)11-5-8-14(9-11)18(2,16)17/h5,10H,3-4,6-9H2,1-2H3. The van der Waals surface area contributed by atoms with E-state index >= 15 is 0 Å². The molecular formula is C12H20N2O3S. The fourth-order valence-electron chi connectivity index (χ4n) is 2.35. The second-order valence-electron chi connectivity index (χ2n) is 5.26. The Labute approximate surface area is 108 Å². The third-order valence-corrected chi connectivity index (χ3v) is 4.92. The molecule has 0 unspecified atom stereocenters. The maximum atomic E-state index is 12.2. The monoisotopic (exact) mass is 272 g/mol. The first kappa shape index (κ1) is 13.5. The highest BCUT2D eigenvalue weighted by Gasteiger charge is 2.29. The summed E-state index contributed by atoms with van der Waals surface area (Å²) in [5.74, 6) is 0.687. The normalized spacial score (nSPS) is 23.2. The van der Waals surface area contributed by atoms with Gasteiger partial charge in [-0.2, -0.15) is 4.31 Å². The van der Waals surface area contributed by atoms with Crippen LogP contribution in [0.1, 0.15) is 19.8 Å². The van der Waals surface area contributed by atoms with Crippen molar-refractivity contribution in [1.29, 1.82) is 0 Å². The number of rotatable bonds is 2. The molecule has 0 N–H and O–H groups in total. The second kappa shape index (κ2) is 5.01. The van der Waals surface area contributed by atoms with Gasteiger partial charge in [0.05, 0.1) is 6.26 Å². The lowest BCUT2D eigenvalue weighted by atomic mass is 9.99. The number of hydrogen-bond acceptors (Lipinski definition) is 3. The van der Waals surface area contributed by atoms with E-state index in [-0.39, 0.29) is 12.5 Å². The van der Waals surface area contributed by atoms with E-state index in [2.05, 4.69) is 6.92 Å². The summed E-state index contributed by atoms with van der Waals surface area (Å²) in [6, 6.07) is 0. The predicted molar refractivity (Wildman–Crippen MR) is 69.5 cm³/mol. The first-order chi connectivity index (χ1) is 8.38. The number of nitrogens with zero attached hydrogens (tertiary/aromatic N) is 2. The Morgan fingerprint density at radius 2 is 1.94 bits per heavy atom. The molecule has 0 atom stereocenters. The lowest BCUT2D eigenvalue weighted by Gasteiger charge is -2.30. The maximum absolute atomic E-state index is 12.2. The Morgan fingerprint density at radius 1 is 1.33 bits per heavy atom. The molecule has 2 rings (SSSR count). The van der Waals surface area contributed by atoms with Crippen LogP contribution in [0.15, 0.2) is 11.6 Å². The van der Waals surface area contributed by atoms with E-state index in [4.69, 9.17) is 0 Å². The zero-order valence-corrected chi connectivity index (χ0v) is 11.7. The zero-order valence-electron chi connectivity index (χ0n) is 10.9. The average molecular weight is 272 g/mol. The molecule has 1 saturated heterocycles. The van der Waals surface area contributed by atoms with Crippen LogP contribution in [0.25, 0.3) is 0 Å². The topological polar surface area (TPSA) is 57.7 Å². The fourth-order valence-corrected chi connectivity index (χ4v) is 3.07. The van der Waals surface area contributed by atoms with Crippen LogP contribution >= 0.6 is 0 Å². The average Bonchev–Trinajstić information content (AvgIpc) is 2.78. The van der Waals surface area contributed by atoms with Crippen molar-refractivity contribution in [2.75, 3.05) is 32.4 Å². The van der Waals surface area contributed by atoms with Crippen molar-refractivity contribution in [2.45, 2.75) is 19.8 Å². The molecule has 6 heteroatoms. The van der Waals surface area contributed by atoms with E-state index in [0.29, 0.717) is 18.0 Å². The highest BCUT2D eigenvalue weighted by molar-refractivity contribution is 7.88. The van der Waals surface area contributed by atoms with Gasteiger partial charge < -0.3 is 4.90 Å². The Hall–Kier alpha value is -0.880. The molecule has 0 aliphatic carbocycles. The number of likely N-dealkylation sites (tertiary alicyclic amines) is 1. The number of piperidine rings is 1. The number of amides is 1. The Morgan fingerprint density at radius 3 is 2.44 bits per heavy atom. The molecule has 0 radical (unpaired) electrons. The third-order valence-electron chi connectivity index (χ3n) is 3.70. The molecule has 0 saturated carbocycles. The fraction of sp³-hybridized carbons (Fsp3) is 0.750. The van der Waals surface area contributed by atoms with Gasteiger partial charge in [-0.15, -0.1) is 0 Å². The van der Waals surface area contributed by atoms with Gasteiger partial charge in [0.2, 0.25) is 10.0 Å². The predicted octanol–water partition coefficient (Wildman–Crippen LogP) is 0.446. The van der Waals surface area contributed by atoms with Crippen molar-refractivity contribution in [3.63, 3.8) is 0 Å². The quantitative estimate of drug-likeness (QED) is 0.733. The molecular weight excluding hydrogens is 252 g/mol. The Balaban J connectivity index is 1.96. The van der Waals surface area contributed by atoms with Crippen molar-refractivity contribution >= 4 is 15.9 Å². The van der Waals surface area contributed by atoms with E-state index in [0.717, 1.165) is 25.9 Å². The zero-order chi connectivity index (χ0) is 13.3. The largest absolute Gasteiger partial charge is 0.339 e. The summed E-state index contributed by atoms with van der Waals surface area (Å²) in [7, 11) is -3.20.